The first-order valence-electron chi connectivity index (χ1n) is 11.2. The van der Waals surface area contributed by atoms with Crippen molar-refractivity contribution in [2.45, 2.75) is 25.3 Å². The van der Waals surface area contributed by atoms with E-state index in [1.165, 1.54) is 0 Å². The number of rotatable bonds is 5. The molecule has 2 fully saturated rings. The number of furan rings is 1. The number of amides is 1. The molecule has 8 nitrogen and oxygen atoms in total. The zero-order chi connectivity index (χ0) is 21.8. The Balaban J connectivity index is 1.22. The van der Waals surface area contributed by atoms with Crippen molar-refractivity contribution >= 4 is 5.91 Å². The van der Waals surface area contributed by atoms with Gasteiger partial charge in [-0.25, -0.2) is 9.97 Å². The van der Waals surface area contributed by atoms with E-state index in [0.717, 1.165) is 61.7 Å². The maximum Gasteiger partial charge on any atom is 0.289 e. The molecule has 0 radical (unpaired) electrons. The zero-order valence-electron chi connectivity index (χ0n) is 18.0. The maximum atomic E-state index is 13.0. The fourth-order valence-electron chi connectivity index (χ4n) is 4.49. The zero-order valence-corrected chi connectivity index (χ0v) is 18.0. The van der Waals surface area contributed by atoms with Gasteiger partial charge >= 0.3 is 0 Å². The molecule has 0 aliphatic carbocycles. The van der Waals surface area contributed by atoms with Gasteiger partial charge in [0.2, 0.25) is 0 Å². The molecule has 5 rings (SSSR count). The predicted octanol–water partition coefficient (Wildman–Crippen LogP) is 2.98. The lowest BCUT2D eigenvalue weighted by Crippen LogP contribution is -2.38. The second-order valence-corrected chi connectivity index (χ2v) is 8.28. The highest BCUT2D eigenvalue weighted by Crippen LogP contribution is 2.33. The fourth-order valence-corrected chi connectivity index (χ4v) is 4.49. The van der Waals surface area contributed by atoms with Gasteiger partial charge in [-0.3, -0.25) is 14.7 Å². The van der Waals surface area contributed by atoms with Gasteiger partial charge < -0.3 is 14.1 Å². The molecule has 2 aliphatic heterocycles. The highest BCUT2D eigenvalue weighted by molar-refractivity contribution is 5.91. The highest BCUT2D eigenvalue weighted by Gasteiger charge is 2.28. The Bertz CT molecular complexity index is 1040. The quantitative estimate of drug-likeness (QED) is 0.612. The third-order valence-electron chi connectivity index (χ3n) is 6.26. The summed E-state index contributed by atoms with van der Waals surface area (Å²) in [4.78, 5) is 30.1. The Morgan fingerprint density at radius 1 is 1.00 bits per heavy atom. The molecule has 0 atom stereocenters. The number of pyridine rings is 1. The fraction of sp³-hybridized carbons (Fsp3) is 0.417. The van der Waals surface area contributed by atoms with Crippen molar-refractivity contribution in [2.24, 2.45) is 0 Å². The third kappa shape index (κ3) is 4.56. The molecule has 3 aromatic rings. The molecule has 8 heteroatoms. The Morgan fingerprint density at radius 3 is 2.56 bits per heavy atom. The first kappa shape index (κ1) is 20.8. The molecule has 2 aliphatic rings. The minimum Gasteiger partial charge on any atom is -0.455 e. The number of ether oxygens (including phenoxy) is 1. The monoisotopic (exact) mass is 433 g/mol. The molecule has 0 aromatic carbocycles. The van der Waals surface area contributed by atoms with E-state index in [-0.39, 0.29) is 5.91 Å². The number of carbonyl (C=O) groups is 1. The van der Waals surface area contributed by atoms with E-state index in [9.17, 15) is 4.79 Å². The summed E-state index contributed by atoms with van der Waals surface area (Å²) in [5.74, 6) is 1.51. The average Bonchev–Trinajstić information content (AvgIpc) is 3.33. The number of aromatic nitrogens is 3. The van der Waals surface area contributed by atoms with E-state index >= 15 is 0 Å². The van der Waals surface area contributed by atoms with E-state index in [0.29, 0.717) is 31.3 Å². The van der Waals surface area contributed by atoms with Crippen LogP contribution in [0.3, 0.4) is 0 Å². The van der Waals surface area contributed by atoms with E-state index in [4.69, 9.17) is 9.15 Å². The number of piperidine rings is 1. The number of morpholine rings is 1. The Morgan fingerprint density at radius 2 is 1.78 bits per heavy atom. The molecule has 0 N–H and O–H groups in total. The van der Waals surface area contributed by atoms with Crippen LogP contribution in [0.5, 0.6) is 0 Å². The van der Waals surface area contributed by atoms with Crippen molar-refractivity contribution in [1.82, 2.24) is 24.8 Å². The summed E-state index contributed by atoms with van der Waals surface area (Å²) in [6.07, 6.45) is 8.77. The second kappa shape index (κ2) is 9.58. The minimum absolute atomic E-state index is 0.0336. The Labute approximate surface area is 187 Å². The number of nitrogens with zero attached hydrogens (tertiary/aromatic N) is 5. The first-order chi connectivity index (χ1) is 15.8. The van der Waals surface area contributed by atoms with Gasteiger partial charge in [0.1, 0.15) is 12.1 Å². The van der Waals surface area contributed by atoms with Crippen molar-refractivity contribution < 1.29 is 13.9 Å². The van der Waals surface area contributed by atoms with Crippen molar-refractivity contribution in [3.05, 3.63) is 66.4 Å². The van der Waals surface area contributed by atoms with Crippen LogP contribution in [0.4, 0.5) is 0 Å². The van der Waals surface area contributed by atoms with E-state index in [1.807, 2.05) is 29.3 Å². The number of hydrogen-bond donors (Lipinski definition) is 0. The van der Waals surface area contributed by atoms with Crippen molar-refractivity contribution in [2.75, 3.05) is 39.4 Å². The normalized spacial score (nSPS) is 18.1. The van der Waals surface area contributed by atoms with Crippen LogP contribution in [0.25, 0.3) is 11.1 Å². The molecule has 2 saturated heterocycles. The van der Waals surface area contributed by atoms with E-state index in [2.05, 4.69) is 19.9 Å². The summed E-state index contributed by atoms with van der Waals surface area (Å²) in [6, 6.07) is 7.67. The molecular formula is C24H27N5O3. The molecule has 5 heterocycles. The average molecular weight is 434 g/mol. The van der Waals surface area contributed by atoms with Crippen LogP contribution in [0, 0.1) is 0 Å². The smallest absolute Gasteiger partial charge is 0.289 e. The Hall–Kier alpha value is -3.10. The van der Waals surface area contributed by atoms with Gasteiger partial charge in [0.25, 0.3) is 5.91 Å². The van der Waals surface area contributed by atoms with Gasteiger partial charge in [-0.1, -0.05) is 0 Å². The largest absolute Gasteiger partial charge is 0.455 e. The predicted molar refractivity (Wildman–Crippen MR) is 118 cm³/mol. The van der Waals surface area contributed by atoms with Crippen LogP contribution in [0.1, 0.15) is 40.8 Å². The summed E-state index contributed by atoms with van der Waals surface area (Å²) < 4.78 is 11.3. The van der Waals surface area contributed by atoms with Gasteiger partial charge in [0.15, 0.2) is 5.76 Å². The van der Waals surface area contributed by atoms with Gasteiger partial charge in [-0.05, 0) is 42.7 Å². The van der Waals surface area contributed by atoms with Gasteiger partial charge in [0.05, 0.1) is 25.5 Å². The maximum absolute atomic E-state index is 13.0. The lowest BCUT2D eigenvalue weighted by atomic mass is 9.89. The molecule has 3 aromatic heterocycles. The van der Waals surface area contributed by atoms with Crippen LogP contribution in [0.2, 0.25) is 0 Å². The van der Waals surface area contributed by atoms with E-state index in [1.54, 1.807) is 24.8 Å². The van der Waals surface area contributed by atoms with Crippen LogP contribution in [-0.4, -0.2) is 70.1 Å². The van der Waals surface area contributed by atoms with Crippen molar-refractivity contribution in [3.8, 4) is 11.1 Å². The SMILES string of the molecule is O=C(c1ccc(CN2CCOCC2)o1)N1CCC(c2ncncc2-c2ccncc2)CC1. The molecule has 166 valence electrons. The van der Waals surface area contributed by atoms with Crippen molar-refractivity contribution in [1.29, 1.82) is 0 Å². The van der Waals surface area contributed by atoms with Crippen LogP contribution in [-0.2, 0) is 11.3 Å². The standard InChI is InChI=1S/C24H27N5O3/c30-24(22-2-1-20(32-22)16-28-11-13-31-14-12-28)29-9-5-19(6-10-29)23-21(15-26-17-27-23)18-3-7-25-8-4-18/h1-4,7-8,15,17,19H,5-6,9-14,16H2. The lowest BCUT2D eigenvalue weighted by molar-refractivity contribution is 0.0309. The van der Waals surface area contributed by atoms with E-state index < -0.39 is 0 Å². The molecule has 1 amide bonds. The van der Waals surface area contributed by atoms with Crippen LogP contribution in [0.15, 0.2) is 53.6 Å². The van der Waals surface area contributed by atoms with Gasteiger partial charge in [0, 0.05) is 56.3 Å². The van der Waals surface area contributed by atoms with Gasteiger partial charge in [-0.15, -0.1) is 0 Å². The summed E-state index contributed by atoms with van der Waals surface area (Å²) in [6.45, 7) is 5.35. The van der Waals surface area contributed by atoms with Gasteiger partial charge in [-0.2, -0.15) is 0 Å². The Kier molecular flexibility index (Phi) is 6.22. The first-order valence-corrected chi connectivity index (χ1v) is 11.2. The summed E-state index contributed by atoms with van der Waals surface area (Å²) in [5.41, 5.74) is 3.15. The lowest BCUT2D eigenvalue weighted by Gasteiger charge is -2.32. The topological polar surface area (TPSA) is 84.6 Å². The second-order valence-electron chi connectivity index (χ2n) is 8.28. The number of likely N-dealkylation sites (tertiary alicyclic amines) is 1. The highest BCUT2D eigenvalue weighted by atomic mass is 16.5. The van der Waals surface area contributed by atoms with Crippen molar-refractivity contribution in [3.63, 3.8) is 0 Å². The minimum atomic E-state index is -0.0336. The summed E-state index contributed by atoms with van der Waals surface area (Å²) in [7, 11) is 0. The molecule has 0 unspecified atom stereocenters. The molecule has 32 heavy (non-hydrogen) atoms. The summed E-state index contributed by atoms with van der Waals surface area (Å²) in [5, 5.41) is 0. The number of hydrogen-bond acceptors (Lipinski definition) is 7. The van der Waals surface area contributed by atoms with Crippen LogP contribution >= 0.6 is 0 Å². The molecule has 0 bridgehead atoms. The molecule has 0 saturated carbocycles. The third-order valence-corrected chi connectivity index (χ3v) is 6.26. The summed E-state index contributed by atoms with van der Waals surface area (Å²) >= 11 is 0. The number of carbonyl (C=O) groups excluding carboxylic acids is 1. The molecule has 0 spiro atoms. The molecular weight excluding hydrogens is 406 g/mol. The van der Waals surface area contributed by atoms with Crippen LogP contribution < -0.4 is 0 Å².